The quantitative estimate of drug-likeness (QED) is 0.603. The summed E-state index contributed by atoms with van der Waals surface area (Å²) in [4.78, 5) is 0. The second-order valence-electron chi connectivity index (χ2n) is 2.96. The van der Waals surface area contributed by atoms with E-state index in [9.17, 15) is 8.78 Å². The standard InChI is InChI=1S/C9H7BrF2/c10-9-6-3-1-2-5(6)7(11)4-8(9)12/h4H,1-3H2. The van der Waals surface area contributed by atoms with E-state index in [4.69, 9.17) is 0 Å². The van der Waals surface area contributed by atoms with Gasteiger partial charge in [0.1, 0.15) is 11.6 Å². The van der Waals surface area contributed by atoms with Crippen LogP contribution in [-0.4, -0.2) is 0 Å². The Kier molecular flexibility index (Phi) is 1.91. The van der Waals surface area contributed by atoms with Gasteiger partial charge in [-0.05, 0) is 46.3 Å². The van der Waals surface area contributed by atoms with E-state index in [0.29, 0.717) is 10.0 Å². The zero-order chi connectivity index (χ0) is 8.72. The molecule has 0 bridgehead atoms. The minimum absolute atomic E-state index is 0.400. The smallest absolute Gasteiger partial charge is 0.140 e. The topological polar surface area (TPSA) is 0 Å². The molecule has 0 heterocycles. The van der Waals surface area contributed by atoms with Gasteiger partial charge in [-0.25, -0.2) is 8.78 Å². The molecule has 1 aliphatic carbocycles. The van der Waals surface area contributed by atoms with E-state index in [-0.39, 0.29) is 0 Å². The van der Waals surface area contributed by atoms with Crippen LogP contribution in [0.15, 0.2) is 10.5 Å². The van der Waals surface area contributed by atoms with Crippen LogP contribution in [0, 0.1) is 11.6 Å². The fourth-order valence-electron chi connectivity index (χ4n) is 1.66. The van der Waals surface area contributed by atoms with Crippen molar-refractivity contribution in [2.24, 2.45) is 0 Å². The molecule has 0 N–H and O–H groups in total. The summed E-state index contributed by atoms with van der Waals surface area (Å²) in [5.41, 5.74) is 1.50. The predicted octanol–water partition coefficient (Wildman–Crippen LogP) is 3.22. The molecule has 0 radical (unpaired) electrons. The molecule has 0 spiro atoms. The molecule has 0 amide bonds. The first-order chi connectivity index (χ1) is 5.70. The minimum atomic E-state index is -0.492. The van der Waals surface area contributed by atoms with Gasteiger partial charge in [0.25, 0.3) is 0 Å². The van der Waals surface area contributed by atoms with Crippen molar-refractivity contribution >= 4 is 15.9 Å². The van der Waals surface area contributed by atoms with E-state index >= 15 is 0 Å². The van der Waals surface area contributed by atoms with Crippen LogP contribution < -0.4 is 0 Å². The fraction of sp³-hybridized carbons (Fsp3) is 0.333. The van der Waals surface area contributed by atoms with Gasteiger partial charge in [-0.15, -0.1) is 0 Å². The van der Waals surface area contributed by atoms with E-state index in [1.54, 1.807) is 0 Å². The summed E-state index contributed by atoms with van der Waals surface area (Å²) >= 11 is 3.12. The van der Waals surface area contributed by atoms with Crippen molar-refractivity contribution in [2.75, 3.05) is 0 Å². The molecule has 12 heavy (non-hydrogen) atoms. The molecule has 1 aromatic carbocycles. The summed E-state index contributed by atoms with van der Waals surface area (Å²) in [5.74, 6) is -0.892. The second-order valence-corrected chi connectivity index (χ2v) is 3.76. The molecule has 0 unspecified atom stereocenters. The van der Waals surface area contributed by atoms with Crippen molar-refractivity contribution in [3.63, 3.8) is 0 Å². The summed E-state index contributed by atoms with van der Waals surface area (Å²) < 4.78 is 26.5. The van der Waals surface area contributed by atoms with Gasteiger partial charge < -0.3 is 0 Å². The summed E-state index contributed by atoms with van der Waals surface area (Å²) in [6.45, 7) is 0. The lowest BCUT2D eigenvalue weighted by Crippen LogP contribution is -1.93. The SMILES string of the molecule is Fc1cc(F)c2c(c1Br)CCC2. The molecule has 0 saturated heterocycles. The van der Waals surface area contributed by atoms with Crippen LogP contribution in [0.4, 0.5) is 8.78 Å². The maximum Gasteiger partial charge on any atom is 0.140 e. The maximum atomic E-state index is 13.1. The van der Waals surface area contributed by atoms with Gasteiger partial charge in [-0.1, -0.05) is 0 Å². The van der Waals surface area contributed by atoms with Crippen molar-refractivity contribution in [3.8, 4) is 0 Å². The lowest BCUT2D eigenvalue weighted by atomic mass is 10.1. The Balaban J connectivity index is 2.69. The van der Waals surface area contributed by atoms with Crippen LogP contribution in [0.25, 0.3) is 0 Å². The Bertz CT molecular complexity index is 334. The lowest BCUT2D eigenvalue weighted by Gasteiger charge is -2.04. The summed E-state index contributed by atoms with van der Waals surface area (Å²) in [6.07, 6.45) is 2.44. The summed E-state index contributed by atoms with van der Waals surface area (Å²) in [5, 5.41) is 0. The van der Waals surface area contributed by atoms with Gasteiger partial charge in [-0.2, -0.15) is 0 Å². The van der Waals surface area contributed by atoms with Gasteiger partial charge >= 0.3 is 0 Å². The Morgan fingerprint density at radius 1 is 1.08 bits per heavy atom. The Morgan fingerprint density at radius 3 is 2.50 bits per heavy atom. The number of benzene rings is 1. The molecule has 64 valence electrons. The Morgan fingerprint density at radius 2 is 1.75 bits per heavy atom. The van der Waals surface area contributed by atoms with E-state index < -0.39 is 11.6 Å². The zero-order valence-corrected chi connectivity index (χ0v) is 7.92. The molecule has 0 aromatic heterocycles. The average molecular weight is 233 g/mol. The van der Waals surface area contributed by atoms with Crippen LogP contribution in [0.3, 0.4) is 0 Å². The van der Waals surface area contributed by atoms with Gasteiger partial charge in [0.05, 0.1) is 4.47 Å². The third-order valence-electron chi connectivity index (χ3n) is 2.23. The summed E-state index contributed by atoms with van der Waals surface area (Å²) in [6, 6.07) is 0.953. The number of rotatable bonds is 0. The first-order valence-electron chi connectivity index (χ1n) is 3.85. The van der Waals surface area contributed by atoms with Crippen molar-refractivity contribution in [3.05, 3.63) is 33.3 Å². The van der Waals surface area contributed by atoms with Crippen LogP contribution in [0.2, 0.25) is 0 Å². The third kappa shape index (κ3) is 1.07. The minimum Gasteiger partial charge on any atom is -0.207 e. The highest BCUT2D eigenvalue weighted by Gasteiger charge is 2.20. The molecular formula is C9H7BrF2. The Labute approximate surface area is 77.7 Å². The highest BCUT2D eigenvalue weighted by molar-refractivity contribution is 9.10. The van der Waals surface area contributed by atoms with Gasteiger partial charge in [0.2, 0.25) is 0 Å². The molecule has 3 heteroatoms. The number of hydrogen-bond donors (Lipinski definition) is 0. The van der Waals surface area contributed by atoms with E-state index in [2.05, 4.69) is 15.9 Å². The normalized spacial score (nSPS) is 14.9. The van der Waals surface area contributed by atoms with Crippen LogP contribution in [-0.2, 0) is 12.8 Å². The van der Waals surface area contributed by atoms with Crippen molar-refractivity contribution in [1.82, 2.24) is 0 Å². The average Bonchev–Trinajstić information content (AvgIpc) is 2.48. The van der Waals surface area contributed by atoms with Crippen molar-refractivity contribution in [2.45, 2.75) is 19.3 Å². The number of hydrogen-bond acceptors (Lipinski definition) is 0. The first-order valence-corrected chi connectivity index (χ1v) is 4.64. The lowest BCUT2D eigenvalue weighted by molar-refractivity contribution is 0.570. The molecule has 0 atom stereocenters. The highest BCUT2D eigenvalue weighted by Crippen LogP contribution is 2.32. The zero-order valence-electron chi connectivity index (χ0n) is 6.33. The second kappa shape index (κ2) is 2.80. The third-order valence-corrected chi connectivity index (χ3v) is 3.09. The first kappa shape index (κ1) is 8.17. The molecule has 0 saturated carbocycles. The predicted molar refractivity (Wildman–Crippen MR) is 46.1 cm³/mol. The fourth-order valence-corrected chi connectivity index (χ4v) is 2.21. The maximum absolute atomic E-state index is 13.1. The van der Waals surface area contributed by atoms with Crippen molar-refractivity contribution < 1.29 is 8.78 Å². The molecular weight excluding hydrogens is 226 g/mol. The monoisotopic (exact) mass is 232 g/mol. The van der Waals surface area contributed by atoms with Crippen LogP contribution in [0.1, 0.15) is 17.5 Å². The largest absolute Gasteiger partial charge is 0.207 e. The number of fused-ring (bicyclic) bond motifs is 1. The summed E-state index contributed by atoms with van der Waals surface area (Å²) in [7, 11) is 0. The van der Waals surface area contributed by atoms with Gasteiger partial charge in [0, 0.05) is 6.07 Å². The van der Waals surface area contributed by atoms with E-state index in [0.717, 1.165) is 30.9 Å². The molecule has 1 aromatic rings. The van der Waals surface area contributed by atoms with E-state index in [1.165, 1.54) is 0 Å². The van der Waals surface area contributed by atoms with Gasteiger partial charge in [0.15, 0.2) is 0 Å². The molecule has 1 aliphatic rings. The Hall–Kier alpha value is -0.440. The van der Waals surface area contributed by atoms with Crippen LogP contribution >= 0.6 is 15.9 Å². The highest BCUT2D eigenvalue weighted by atomic mass is 79.9. The molecule has 0 nitrogen and oxygen atoms in total. The van der Waals surface area contributed by atoms with Crippen LogP contribution in [0.5, 0.6) is 0 Å². The molecule has 0 aliphatic heterocycles. The van der Waals surface area contributed by atoms with Gasteiger partial charge in [-0.3, -0.25) is 0 Å². The molecule has 0 fully saturated rings. The van der Waals surface area contributed by atoms with Crippen molar-refractivity contribution in [1.29, 1.82) is 0 Å². The molecule has 2 rings (SSSR count). The number of halogens is 3. The van der Waals surface area contributed by atoms with E-state index in [1.807, 2.05) is 0 Å².